The number of carbonyl (C=O) groups is 1. The molecule has 2 aromatic carbocycles. The molecule has 0 bridgehead atoms. The first-order valence-corrected chi connectivity index (χ1v) is 11.3. The molecule has 1 N–H and O–H groups in total. The largest absolute Gasteiger partial charge is 0.497 e. The topological polar surface area (TPSA) is 75.7 Å². The summed E-state index contributed by atoms with van der Waals surface area (Å²) in [4.78, 5) is 15.2. The second kappa shape index (κ2) is 8.97. The van der Waals surface area contributed by atoms with E-state index in [1.807, 2.05) is 29.2 Å². The Morgan fingerprint density at radius 2 is 1.76 bits per heavy atom. The normalized spacial score (nSPS) is 15.0. The van der Waals surface area contributed by atoms with Gasteiger partial charge in [-0.2, -0.15) is 0 Å². The molecule has 0 spiro atoms. The highest BCUT2D eigenvalue weighted by Gasteiger charge is 2.34. The molecule has 0 radical (unpaired) electrons. The number of anilines is 1. The lowest BCUT2D eigenvalue weighted by Gasteiger charge is -2.30. The van der Waals surface area contributed by atoms with Gasteiger partial charge in [0.15, 0.2) is 0 Å². The lowest BCUT2D eigenvalue weighted by Crippen LogP contribution is -2.40. The van der Waals surface area contributed by atoms with E-state index in [0.717, 1.165) is 29.8 Å². The summed E-state index contributed by atoms with van der Waals surface area (Å²) in [6.07, 6.45) is 3.23. The maximum atomic E-state index is 13.1. The van der Waals surface area contributed by atoms with Gasteiger partial charge >= 0.3 is 0 Å². The zero-order valence-electron chi connectivity index (χ0n) is 17.1. The molecule has 1 aliphatic rings. The number of aryl methyl sites for hydroxylation is 1. The molecule has 1 fully saturated rings. The fraction of sp³-hybridized carbons (Fsp3) is 0.409. The van der Waals surface area contributed by atoms with Crippen LogP contribution in [0.5, 0.6) is 5.75 Å². The van der Waals surface area contributed by atoms with Crippen LogP contribution in [0.2, 0.25) is 0 Å². The number of rotatable bonds is 9. The van der Waals surface area contributed by atoms with Crippen LogP contribution in [0.3, 0.4) is 0 Å². The van der Waals surface area contributed by atoms with Gasteiger partial charge in [-0.15, -0.1) is 0 Å². The molecule has 0 aliphatic heterocycles. The van der Waals surface area contributed by atoms with Crippen LogP contribution in [0.25, 0.3) is 0 Å². The van der Waals surface area contributed by atoms with E-state index in [0.29, 0.717) is 18.8 Å². The molecule has 0 saturated heterocycles. The average Bonchev–Trinajstić information content (AvgIpc) is 3.58. The van der Waals surface area contributed by atoms with Gasteiger partial charge in [0.1, 0.15) is 5.75 Å². The van der Waals surface area contributed by atoms with Crippen molar-refractivity contribution in [2.45, 2.75) is 43.5 Å². The molecular weight excluding hydrogens is 388 g/mol. The molecule has 2 aromatic rings. The smallest absolute Gasteiger partial charge is 0.240 e. The fourth-order valence-corrected chi connectivity index (χ4v) is 4.19. The molecule has 29 heavy (non-hydrogen) atoms. The first kappa shape index (κ1) is 21.3. The molecule has 0 heterocycles. The van der Waals surface area contributed by atoms with Gasteiger partial charge in [0.05, 0.1) is 12.0 Å². The molecule has 6 nitrogen and oxygen atoms in total. The number of methoxy groups -OCH3 is 1. The summed E-state index contributed by atoms with van der Waals surface area (Å²) in [5.74, 6) is 1.38. The minimum absolute atomic E-state index is 0.0708. The van der Waals surface area contributed by atoms with Gasteiger partial charge < -0.3 is 9.64 Å². The van der Waals surface area contributed by atoms with E-state index in [4.69, 9.17) is 4.74 Å². The summed E-state index contributed by atoms with van der Waals surface area (Å²) in [7, 11) is -0.442. The minimum atomic E-state index is -3.45. The highest BCUT2D eigenvalue weighted by atomic mass is 32.2. The van der Waals surface area contributed by atoms with Crippen LogP contribution in [0.1, 0.15) is 31.7 Å². The van der Waals surface area contributed by atoms with Gasteiger partial charge in [0.2, 0.25) is 15.9 Å². The van der Waals surface area contributed by atoms with Crippen LogP contribution in [-0.2, 0) is 21.2 Å². The second-order valence-electron chi connectivity index (χ2n) is 7.39. The lowest BCUT2D eigenvalue weighted by molar-refractivity contribution is -0.119. The van der Waals surface area contributed by atoms with Gasteiger partial charge in [-0.05, 0) is 81.1 Å². The van der Waals surface area contributed by atoms with Crippen LogP contribution in [0, 0.1) is 5.92 Å². The number of ether oxygens (including phenoxy) is 1. The Hall–Kier alpha value is -2.38. The van der Waals surface area contributed by atoms with Crippen LogP contribution in [-0.4, -0.2) is 34.5 Å². The van der Waals surface area contributed by atoms with Crippen molar-refractivity contribution in [1.82, 2.24) is 4.72 Å². The average molecular weight is 417 g/mol. The first-order chi connectivity index (χ1) is 13.9. The number of hydrogen-bond donors (Lipinski definition) is 1. The van der Waals surface area contributed by atoms with Crippen LogP contribution in [0.15, 0.2) is 53.4 Å². The van der Waals surface area contributed by atoms with Crippen LogP contribution >= 0.6 is 0 Å². The van der Waals surface area contributed by atoms with E-state index in [9.17, 15) is 13.2 Å². The fourth-order valence-electron chi connectivity index (χ4n) is 3.46. The summed E-state index contributed by atoms with van der Waals surface area (Å²) in [5.41, 5.74) is 1.81. The van der Waals surface area contributed by atoms with E-state index >= 15 is 0 Å². The molecule has 1 aliphatic carbocycles. The van der Waals surface area contributed by atoms with Crippen molar-refractivity contribution < 1.29 is 17.9 Å². The molecule has 1 amide bonds. The van der Waals surface area contributed by atoms with Gasteiger partial charge in [0, 0.05) is 18.2 Å². The Morgan fingerprint density at radius 3 is 2.28 bits per heavy atom. The van der Waals surface area contributed by atoms with Crippen LogP contribution < -0.4 is 14.4 Å². The molecule has 1 atom stereocenters. The number of nitrogens with one attached hydrogen (secondary N) is 1. The standard InChI is InChI=1S/C22H28N2O4S/c1-16(18-7-8-18)24(19-9-11-20(28-3)12-10-19)22(25)15-6-17-4-13-21(14-5-17)29(26,27)23-2/h4-5,9-14,16,18,23H,6-8,15H2,1-3H3. The second-order valence-corrected chi connectivity index (χ2v) is 9.28. The van der Waals surface area contributed by atoms with Crippen molar-refractivity contribution in [3.8, 4) is 5.75 Å². The maximum absolute atomic E-state index is 13.1. The number of nitrogens with zero attached hydrogens (tertiary/aromatic N) is 1. The van der Waals surface area contributed by atoms with Gasteiger partial charge in [0.25, 0.3) is 0 Å². The SMILES string of the molecule is CNS(=O)(=O)c1ccc(CCC(=O)N(c2ccc(OC)cc2)C(C)C2CC2)cc1. The lowest BCUT2D eigenvalue weighted by atomic mass is 10.1. The quantitative estimate of drug-likeness (QED) is 0.680. The third-order valence-corrected chi connectivity index (χ3v) is 6.89. The summed E-state index contributed by atoms with van der Waals surface area (Å²) >= 11 is 0. The molecule has 156 valence electrons. The Bertz CT molecular complexity index is 936. The number of amides is 1. The maximum Gasteiger partial charge on any atom is 0.240 e. The highest BCUT2D eigenvalue weighted by molar-refractivity contribution is 7.89. The highest BCUT2D eigenvalue weighted by Crippen LogP contribution is 2.37. The van der Waals surface area contributed by atoms with E-state index in [1.54, 1.807) is 31.4 Å². The summed E-state index contributed by atoms with van der Waals surface area (Å²) < 4.78 is 31.2. The van der Waals surface area contributed by atoms with Gasteiger partial charge in [-0.25, -0.2) is 13.1 Å². The predicted octanol–water partition coefficient (Wildman–Crippen LogP) is 3.37. The van der Waals surface area contributed by atoms with Crippen molar-refractivity contribution in [3.63, 3.8) is 0 Å². The zero-order valence-corrected chi connectivity index (χ0v) is 17.9. The molecule has 1 saturated carbocycles. The van der Waals surface area contributed by atoms with Gasteiger partial charge in [-0.1, -0.05) is 12.1 Å². The Kier molecular flexibility index (Phi) is 6.59. The van der Waals surface area contributed by atoms with Crippen molar-refractivity contribution in [2.24, 2.45) is 5.92 Å². The van der Waals surface area contributed by atoms with Crippen molar-refractivity contribution in [1.29, 1.82) is 0 Å². The summed E-state index contributed by atoms with van der Waals surface area (Å²) in [6.45, 7) is 2.11. The Balaban J connectivity index is 1.71. The minimum Gasteiger partial charge on any atom is -0.497 e. The molecule has 1 unspecified atom stereocenters. The first-order valence-electron chi connectivity index (χ1n) is 9.84. The number of hydrogen-bond acceptors (Lipinski definition) is 4. The van der Waals surface area contributed by atoms with E-state index in [1.165, 1.54) is 7.05 Å². The zero-order chi connectivity index (χ0) is 21.0. The van der Waals surface area contributed by atoms with Crippen LogP contribution in [0.4, 0.5) is 5.69 Å². The van der Waals surface area contributed by atoms with Gasteiger partial charge in [-0.3, -0.25) is 4.79 Å². The van der Waals surface area contributed by atoms with Crippen molar-refractivity contribution in [3.05, 3.63) is 54.1 Å². The molecular formula is C22H28N2O4S. The molecule has 7 heteroatoms. The number of sulfonamides is 1. The van der Waals surface area contributed by atoms with E-state index in [2.05, 4.69) is 11.6 Å². The molecule has 3 rings (SSSR count). The molecule has 0 aromatic heterocycles. The van der Waals surface area contributed by atoms with Crippen molar-refractivity contribution in [2.75, 3.05) is 19.1 Å². The third-order valence-electron chi connectivity index (χ3n) is 5.46. The monoisotopic (exact) mass is 416 g/mol. The predicted molar refractivity (Wildman–Crippen MR) is 114 cm³/mol. The third kappa shape index (κ3) is 5.16. The Labute approximate surface area is 172 Å². The Morgan fingerprint density at radius 1 is 1.14 bits per heavy atom. The summed E-state index contributed by atoms with van der Waals surface area (Å²) in [6, 6.07) is 14.4. The summed E-state index contributed by atoms with van der Waals surface area (Å²) in [5, 5.41) is 0. The van der Waals surface area contributed by atoms with E-state index in [-0.39, 0.29) is 16.8 Å². The number of benzene rings is 2. The number of carbonyl (C=O) groups excluding carboxylic acids is 1. The van der Waals surface area contributed by atoms with E-state index < -0.39 is 10.0 Å². The van der Waals surface area contributed by atoms with Crippen molar-refractivity contribution >= 4 is 21.6 Å².